The van der Waals surface area contributed by atoms with Gasteiger partial charge in [0.1, 0.15) is 0 Å². The summed E-state index contributed by atoms with van der Waals surface area (Å²) < 4.78 is 12.9. The van der Waals surface area contributed by atoms with Crippen LogP contribution in [0.2, 0.25) is 0 Å². The third-order valence-electron chi connectivity index (χ3n) is 9.53. The van der Waals surface area contributed by atoms with E-state index >= 15 is 0 Å². The Balaban J connectivity index is 1.62. The molecule has 0 bridgehead atoms. The Morgan fingerprint density at radius 1 is 0.488 bits per heavy atom. The highest BCUT2D eigenvalue weighted by Crippen LogP contribution is 2.39. The Kier molecular flexibility index (Phi) is 7.85. The highest BCUT2D eigenvalue weighted by molar-refractivity contribution is 6.62. The van der Waals surface area contributed by atoms with Gasteiger partial charge in [-0.3, -0.25) is 0 Å². The zero-order valence-electron chi connectivity index (χ0n) is 28.4. The molecule has 1 aliphatic heterocycles. The topological polar surface area (TPSA) is 18.5 Å². The minimum atomic E-state index is -0.373. The van der Waals surface area contributed by atoms with E-state index in [4.69, 9.17) is 9.31 Å². The second-order valence-corrected chi connectivity index (χ2v) is 15.6. The predicted octanol–water partition coefficient (Wildman–Crippen LogP) is 10.2. The smallest absolute Gasteiger partial charge is 0.399 e. The summed E-state index contributed by atoms with van der Waals surface area (Å²) >= 11 is 0. The molecule has 224 valence electrons. The zero-order valence-corrected chi connectivity index (χ0v) is 28.4. The Bertz CT molecular complexity index is 1540. The van der Waals surface area contributed by atoms with Crippen molar-refractivity contribution in [2.45, 2.75) is 105 Å². The molecule has 2 nitrogen and oxygen atoms in total. The van der Waals surface area contributed by atoms with Gasteiger partial charge < -0.3 is 9.31 Å². The molecule has 0 radical (unpaired) electrons. The maximum Gasteiger partial charge on any atom is 0.495 e. The number of benzene rings is 4. The number of hydrogen-bond donors (Lipinski definition) is 0. The van der Waals surface area contributed by atoms with Crippen LogP contribution in [0.25, 0.3) is 33.4 Å². The maximum atomic E-state index is 6.43. The van der Waals surface area contributed by atoms with E-state index in [1.807, 2.05) is 0 Å². The molecule has 0 unspecified atom stereocenters. The molecule has 1 fully saturated rings. The van der Waals surface area contributed by atoms with Crippen molar-refractivity contribution in [3.05, 3.63) is 101 Å². The van der Waals surface area contributed by atoms with Gasteiger partial charge in [-0.05, 0) is 126 Å². The van der Waals surface area contributed by atoms with Crippen LogP contribution >= 0.6 is 0 Å². The fourth-order valence-electron chi connectivity index (χ4n) is 5.82. The zero-order chi connectivity index (χ0) is 31.5. The van der Waals surface area contributed by atoms with Crippen molar-refractivity contribution in [1.82, 2.24) is 0 Å². The van der Waals surface area contributed by atoms with Gasteiger partial charge >= 0.3 is 7.12 Å². The third kappa shape index (κ3) is 6.26. The van der Waals surface area contributed by atoms with Crippen LogP contribution in [-0.4, -0.2) is 18.3 Å². The van der Waals surface area contributed by atoms with Gasteiger partial charge in [-0.25, -0.2) is 0 Å². The lowest BCUT2D eigenvalue weighted by Gasteiger charge is -2.32. The molecule has 0 amide bonds. The van der Waals surface area contributed by atoms with Gasteiger partial charge in [0.25, 0.3) is 0 Å². The summed E-state index contributed by atoms with van der Waals surface area (Å²) in [6.45, 7) is 26.4. The fraction of sp³-hybridized carbons (Fsp3) is 0.400. The SMILES string of the molecule is Cc1cc(-c2cc(-c3ccc(C(C)(C)C)cc3)cc(-c3ccc(C(C)(C)C)cc3)c2)c(C)cc1B1OC(C)(C)C(C)(C)O1. The molecule has 0 N–H and O–H groups in total. The number of aryl methyl sites for hydroxylation is 2. The van der Waals surface area contributed by atoms with E-state index in [0.717, 1.165) is 5.46 Å². The third-order valence-corrected chi connectivity index (χ3v) is 9.53. The van der Waals surface area contributed by atoms with Gasteiger partial charge in [0.2, 0.25) is 0 Å². The lowest BCUT2D eigenvalue weighted by Crippen LogP contribution is -2.41. The van der Waals surface area contributed by atoms with Crippen LogP contribution in [0.4, 0.5) is 0 Å². The minimum Gasteiger partial charge on any atom is -0.399 e. The van der Waals surface area contributed by atoms with E-state index in [0.29, 0.717) is 0 Å². The molecular formula is C40H49BO2. The first-order valence-electron chi connectivity index (χ1n) is 15.7. The summed E-state index contributed by atoms with van der Waals surface area (Å²) in [7, 11) is -0.373. The van der Waals surface area contributed by atoms with Crippen molar-refractivity contribution in [3.8, 4) is 33.4 Å². The average molecular weight is 573 g/mol. The first-order valence-corrected chi connectivity index (χ1v) is 15.7. The van der Waals surface area contributed by atoms with Crippen LogP contribution in [-0.2, 0) is 20.1 Å². The van der Waals surface area contributed by atoms with Crippen LogP contribution in [0, 0.1) is 13.8 Å². The lowest BCUT2D eigenvalue weighted by atomic mass is 9.74. The van der Waals surface area contributed by atoms with E-state index in [1.54, 1.807) is 0 Å². The van der Waals surface area contributed by atoms with Crippen molar-refractivity contribution >= 4 is 12.6 Å². The predicted molar refractivity (Wildman–Crippen MR) is 185 cm³/mol. The summed E-state index contributed by atoms with van der Waals surface area (Å²) in [4.78, 5) is 0. The molecule has 0 aliphatic carbocycles. The van der Waals surface area contributed by atoms with Gasteiger partial charge in [-0.15, -0.1) is 0 Å². The van der Waals surface area contributed by atoms with Crippen LogP contribution < -0.4 is 5.46 Å². The van der Waals surface area contributed by atoms with Gasteiger partial charge in [0.05, 0.1) is 11.2 Å². The van der Waals surface area contributed by atoms with Crippen molar-refractivity contribution in [3.63, 3.8) is 0 Å². The van der Waals surface area contributed by atoms with Crippen LogP contribution in [0.3, 0.4) is 0 Å². The summed E-state index contributed by atoms with van der Waals surface area (Å²) in [6.07, 6.45) is 0. The number of hydrogen-bond acceptors (Lipinski definition) is 2. The lowest BCUT2D eigenvalue weighted by molar-refractivity contribution is 0.00578. The molecule has 4 aromatic carbocycles. The van der Waals surface area contributed by atoms with E-state index in [1.165, 1.54) is 55.6 Å². The van der Waals surface area contributed by atoms with E-state index in [-0.39, 0.29) is 29.2 Å². The Hall–Kier alpha value is -3.14. The molecule has 1 heterocycles. The summed E-state index contributed by atoms with van der Waals surface area (Å²) in [5.74, 6) is 0. The van der Waals surface area contributed by atoms with Crippen molar-refractivity contribution < 1.29 is 9.31 Å². The highest BCUT2D eigenvalue weighted by atomic mass is 16.7. The molecule has 0 saturated carbocycles. The molecule has 1 aliphatic rings. The highest BCUT2D eigenvalue weighted by Gasteiger charge is 2.52. The molecule has 5 rings (SSSR count). The second kappa shape index (κ2) is 10.8. The van der Waals surface area contributed by atoms with Crippen LogP contribution in [0.1, 0.15) is 91.5 Å². The largest absolute Gasteiger partial charge is 0.495 e. The van der Waals surface area contributed by atoms with Crippen molar-refractivity contribution in [2.24, 2.45) is 0 Å². The summed E-state index contributed by atoms with van der Waals surface area (Å²) in [6, 6.07) is 29.8. The number of rotatable bonds is 4. The van der Waals surface area contributed by atoms with E-state index < -0.39 is 0 Å². The molecule has 0 spiro atoms. The Labute approximate surface area is 261 Å². The van der Waals surface area contributed by atoms with Crippen LogP contribution in [0.15, 0.2) is 78.9 Å². The van der Waals surface area contributed by atoms with Crippen LogP contribution in [0.5, 0.6) is 0 Å². The quantitative estimate of drug-likeness (QED) is 0.227. The van der Waals surface area contributed by atoms with Gasteiger partial charge in [0.15, 0.2) is 0 Å². The van der Waals surface area contributed by atoms with E-state index in [9.17, 15) is 0 Å². The average Bonchev–Trinajstić information content (AvgIpc) is 3.14. The molecule has 0 aromatic heterocycles. The van der Waals surface area contributed by atoms with E-state index in [2.05, 4.69) is 162 Å². The molecule has 4 aromatic rings. The van der Waals surface area contributed by atoms with Crippen molar-refractivity contribution in [2.75, 3.05) is 0 Å². The summed E-state index contributed by atoms with van der Waals surface area (Å²) in [5.41, 5.74) is 13.0. The monoisotopic (exact) mass is 572 g/mol. The van der Waals surface area contributed by atoms with Crippen molar-refractivity contribution in [1.29, 1.82) is 0 Å². The first-order chi connectivity index (χ1) is 19.9. The molecule has 0 atom stereocenters. The van der Waals surface area contributed by atoms with Gasteiger partial charge in [0, 0.05) is 0 Å². The molecular weight excluding hydrogens is 523 g/mol. The standard InChI is InChI=1S/C40H49BO2/c1-26-22-36(41-42-39(9,10)40(11,12)43-41)27(2)21-35(26)32-24-30(28-13-17-33(18-14-28)37(3,4)5)23-31(25-32)29-15-19-34(20-16-29)38(6,7)8/h13-25H,1-12H3. The molecule has 3 heteroatoms. The molecule has 43 heavy (non-hydrogen) atoms. The Morgan fingerprint density at radius 2 is 0.884 bits per heavy atom. The molecule has 1 saturated heterocycles. The minimum absolute atomic E-state index is 0.119. The maximum absolute atomic E-state index is 6.43. The fourth-order valence-corrected chi connectivity index (χ4v) is 5.82. The van der Waals surface area contributed by atoms with Gasteiger partial charge in [-0.1, -0.05) is 108 Å². The summed E-state index contributed by atoms with van der Waals surface area (Å²) in [5, 5.41) is 0. The second-order valence-electron chi connectivity index (χ2n) is 15.6. The first kappa shape index (κ1) is 31.3. The van der Waals surface area contributed by atoms with Gasteiger partial charge in [-0.2, -0.15) is 0 Å². The normalized spacial score (nSPS) is 16.5. The Morgan fingerprint density at radius 3 is 1.28 bits per heavy atom.